The minimum atomic E-state index is 0. The van der Waals surface area contributed by atoms with Crippen LogP contribution in [0.5, 0.6) is 0 Å². The molecule has 0 heterocycles. The van der Waals surface area contributed by atoms with Gasteiger partial charge in [-0.3, -0.25) is 0 Å². The monoisotopic (exact) mass is 236 g/mol. The molecule has 0 radical (unpaired) electrons. The maximum atomic E-state index is 2.28. The molecule has 0 aromatic carbocycles. The molecular formula is C11H14Zr. The van der Waals surface area contributed by atoms with Gasteiger partial charge in [0.05, 0.1) is 0 Å². The van der Waals surface area contributed by atoms with E-state index in [9.17, 15) is 0 Å². The van der Waals surface area contributed by atoms with Crippen LogP contribution in [0.1, 0.15) is 17.1 Å². The van der Waals surface area contributed by atoms with Crippen LogP contribution in [-0.4, -0.2) is 0 Å². The second-order valence-electron chi connectivity index (χ2n) is 2.89. The van der Waals surface area contributed by atoms with E-state index >= 15 is 0 Å². The Kier molecular flexibility index (Phi) is 3.81. The Morgan fingerprint density at radius 3 is 1.83 bits per heavy atom. The van der Waals surface area contributed by atoms with Crippen LogP contribution in [-0.2, 0) is 26.2 Å². The summed E-state index contributed by atoms with van der Waals surface area (Å²) in [6, 6.07) is 0. The molecule has 0 spiro atoms. The molecule has 0 atom stereocenters. The van der Waals surface area contributed by atoms with E-state index in [-0.39, 0.29) is 30.5 Å². The molecule has 2 aliphatic rings. The van der Waals surface area contributed by atoms with Gasteiger partial charge in [-0.25, -0.2) is 0 Å². The van der Waals surface area contributed by atoms with Gasteiger partial charge >= 0.3 is 26.2 Å². The Bertz CT molecular complexity index is 250. The first kappa shape index (κ1) is 9.80. The van der Waals surface area contributed by atoms with Gasteiger partial charge < -0.3 is 4.28 Å². The first-order valence-electron chi connectivity index (χ1n) is 4.01. The van der Waals surface area contributed by atoms with Crippen molar-refractivity contribution < 1.29 is 30.5 Å². The summed E-state index contributed by atoms with van der Waals surface area (Å²) in [5.41, 5.74) is 2.86. The zero-order valence-corrected chi connectivity index (χ0v) is 9.41. The number of hydrogen-bond donors (Lipinski definition) is 0. The van der Waals surface area contributed by atoms with Gasteiger partial charge in [0.1, 0.15) is 0 Å². The van der Waals surface area contributed by atoms with Gasteiger partial charge in [0, 0.05) is 0 Å². The Hall–Kier alpha value is -0.287. The Morgan fingerprint density at radius 1 is 1.00 bits per heavy atom. The summed E-state index contributed by atoms with van der Waals surface area (Å²) in [5, 5.41) is 0. The summed E-state index contributed by atoms with van der Waals surface area (Å²) < 4.78 is 0. The Morgan fingerprint density at radius 2 is 1.50 bits per heavy atom. The Labute approximate surface area is 97.3 Å². The van der Waals surface area contributed by atoms with Gasteiger partial charge in [-0.15, -0.1) is 12.2 Å². The van der Waals surface area contributed by atoms with Crippen LogP contribution < -0.4 is 0 Å². The first-order valence-corrected chi connectivity index (χ1v) is 4.01. The second kappa shape index (κ2) is 4.67. The molecule has 0 bridgehead atoms. The molecule has 12 heavy (non-hydrogen) atoms. The van der Waals surface area contributed by atoms with E-state index in [1.165, 1.54) is 11.1 Å². The summed E-state index contributed by atoms with van der Waals surface area (Å²) in [5.74, 6) is 0. The van der Waals surface area contributed by atoms with E-state index in [1.54, 1.807) is 0 Å². The zero-order valence-electron chi connectivity index (χ0n) is 9.96. The molecule has 0 aromatic heterocycles. The Balaban J connectivity index is -0.000000360. The molecule has 2 rings (SSSR count). The van der Waals surface area contributed by atoms with Crippen LogP contribution in [0.2, 0.25) is 0 Å². The zero-order chi connectivity index (χ0) is 7.52. The molecule has 62 valence electrons. The van der Waals surface area contributed by atoms with Crippen molar-refractivity contribution >= 4 is 0 Å². The molecule has 0 saturated heterocycles. The minimum Gasteiger partial charge on any atom is -1.00 e. The molecule has 0 saturated carbocycles. The van der Waals surface area contributed by atoms with Crippen LogP contribution in [0.15, 0.2) is 47.6 Å². The predicted molar refractivity (Wildman–Crippen MR) is 51.3 cm³/mol. The summed E-state index contributed by atoms with van der Waals surface area (Å²) in [7, 11) is 0. The summed E-state index contributed by atoms with van der Waals surface area (Å²) in [6.07, 6.45) is 17.5. The van der Waals surface area contributed by atoms with Gasteiger partial charge in [0.25, 0.3) is 0 Å². The van der Waals surface area contributed by atoms with Crippen molar-refractivity contribution in [1.82, 2.24) is 0 Å². The van der Waals surface area contributed by atoms with Crippen molar-refractivity contribution in [3.8, 4) is 0 Å². The molecule has 0 N–H and O–H groups in total. The number of rotatable bonds is 2. The van der Waals surface area contributed by atoms with Crippen molar-refractivity contribution in [2.24, 2.45) is 0 Å². The van der Waals surface area contributed by atoms with Crippen molar-refractivity contribution in [2.45, 2.75) is 12.8 Å². The van der Waals surface area contributed by atoms with Crippen molar-refractivity contribution in [2.75, 3.05) is 0 Å². The van der Waals surface area contributed by atoms with Crippen molar-refractivity contribution in [3.63, 3.8) is 0 Å². The summed E-state index contributed by atoms with van der Waals surface area (Å²) in [4.78, 5) is 0. The van der Waals surface area contributed by atoms with Gasteiger partial charge in [-0.05, 0) is 12.8 Å². The molecule has 0 amide bonds. The van der Waals surface area contributed by atoms with Gasteiger partial charge in [-0.1, -0.05) is 12.2 Å². The fourth-order valence-corrected chi connectivity index (χ4v) is 1.38. The molecule has 0 nitrogen and oxygen atoms in total. The van der Waals surface area contributed by atoms with Crippen LogP contribution in [0.4, 0.5) is 0 Å². The van der Waals surface area contributed by atoms with E-state index in [1.807, 2.05) is 0 Å². The van der Waals surface area contributed by atoms with Crippen LogP contribution in [0, 0.1) is 6.42 Å². The molecule has 0 fully saturated rings. The van der Waals surface area contributed by atoms with Crippen molar-refractivity contribution in [3.05, 3.63) is 54.0 Å². The third-order valence-corrected chi connectivity index (χ3v) is 1.97. The maximum Gasteiger partial charge on any atom is 4.00 e. The molecular weight excluding hydrogens is 223 g/mol. The van der Waals surface area contributed by atoms with Crippen LogP contribution in [0.25, 0.3) is 0 Å². The standard InChI is InChI=1S/C11H11.Zr.3H/c1-2-6-10(5-1)9-11-7-3-4-8-11;;;;/h1-5,7,9H,6,8H2;;;;/q-1;+4;3*-1. The smallest absolute Gasteiger partial charge is 1.00 e. The third-order valence-electron chi connectivity index (χ3n) is 1.97. The normalized spacial score (nSPS) is 18.7. The predicted octanol–water partition coefficient (Wildman–Crippen LogP) is 3.30. The SMILES string of the molecule is C1=CCC([CH-]C2=CC=CC2)=C1.[H-].[H-].[H-].[Zr+4]. The largest absolute Gasteiger partial charge is 4.00 e. The van der Waals surface area contributed by atoms with E-state index < -0.39 is 0 Å². The number of hydrogen-bond acceptors (Lipinski definition) is 0. The maximum absolute atomic E-state index is 2.28. The number of allylic oxidation sites excluding steroid dienone is 8. The average Bonchev–Trinajstić information content (AvgIpc) is 2.60. The van der Waals surface area contributed by atoms with Crippen molar-refractivity contribution in [1.29, 1.82) is 0 Å². The summed E-state index contributed by atoms with van der Waals surface area (Å²) >= 11 is 0. The molecule has 0 unspecified atom stereocenters. The van der Waals surface area contributed by atoms with Gasteiger partial charge in [-0.2, -0.15) is 29.7 Å². The first-order chi connectivity index (χ1) is 5.45. The fourth-order valence-electron chi connectivity index (χ4n) is 1.38. The quantitative estimate of drug-likeness (QED) is 0.647. The van der Waals surface area contributed by atoms with Crippen LogP contribution >= 0.6 is 0 Å². The molecule has 0 aliphatic heterocycles. The average molecular weight is 237 g/mol. The topological polar surface area (TPSA) is 0 Å². The summed E-state index contributed by atoms with van der Waals surface area (Å²) in [6.45, 7) is 0. The van der Waals surface area contributed by atoms with Crippen LogP contribution in [0.3, 0.4) is 0 Å². The fraction of sp³-hybridized carbons (Fsp3) is 0.182. The third kappa shape index (κ3) is 2.35. The van der Waals surface area contributed by atoms with E-state index in [0.717, 1.165) is 12.8 Å². The molecule has 1 heteroatoms. The van der Waals surface area contributed by atoms with Gasteiger partial charge in [0.15, 0.2) is 0 Å². The van der Waals surface area contributed by atoms with E-state index in [2.05, 4.69) is 42.9 Å². The van der Waals surface area contributed by atoms with Gasteiger partial charge in [0.2, 0.25) is 0 Å². The van der Waals surface area contributed by atoms with E-state index in [4.69, 9.17) is 0 Å². The molecule has 0 aromatic rings. The van der Waals surface area contributed by atoms with E-state index in [0.29, 0.717) is 0 Å². The second-order valence-corrected chi connectivity index (χ2v) is 2.89. The molecule has 2 aliphatic carbocycles. The minimum absolute atomic E-state index is 0.